The Hall–Kier alpha value is -6.38. The second-order valence-electron chi connectivity index (χ2n) is 12.9. The highest BCUT2D eigenvalue weighted by molar-refractivity contribution is 6.12. The molecule has 0 N–H and O–H groups in total. The molecule has 0 aliphatic heterocycles. The topological polar surface area (TPSA) is 9.86 Å². The predicted octanol–water partition coefficient (Wildman–Crippen LogP) is 13.2. The molecular weight excluding hydrogens is 605 g/mol. The van der Waals surface area contributed by atoms with Gasteiger partial charge < -0.3 is 9.13 Å². The Morgan fingerprint density at radius 1 is 0.400 bits per heavy atom. The first-order chi connectivity index (χ1) is 24.7. The van der Waals surface area contributed by atoms with Crippen LogP contribution in [-0.4, -0.2) is 9.13 Å². The number of nitrogens with zero attached hydrogens (tertiary/aromatic N) is 2. The maximum absolute atomic E-state index is 2.40. The molecule has 0 amide bonds. The lowest BCUT2D eigenvalue weighted by molar-refractivity contribution is 1.18. The lowest BCUT2D eigenvalue weighted by Crippen LogP contribution is -1.95. The van der Waals surface area contributed by atoms with Crippen molar-refractivity contribution in [3.05, 3.63) is 188 Å². The summed E-state index contributed by atoms with van der Waals surface area (Å²) >= 11 is 0. The smallest absolute Gasteiger partial charge is 0.0541 e. The maximum Gasteiger partial charge on any atom is 0.0541 e. The van der Waals surface area contributed by atoms with Gasteiger partial charge in [-0.15, -0.1) is 0 Å². The molecule has 2 nitrogen and oxygen atoms in total. The first-order valence-electron chi connectivity index (χ1n) is 17.3. The molecule has 2 aromatic heterocycles. The molecule has 0 radical (unpaired) electrons. The fourth-order valence-corrected chi connectivity index (χ4v) is 7.66. The number of benzene rings is 7. The van der Waals surface area contributed by atoms with Crippen LogP contribution in [0, 0.1) is 0 Å². The number of hydrogen-bond acceptors (Lipinski definition) is 0. The minimum Gasteiger partial charge on any atom is -0.309 e. The molecule has 0 atom stereocenters. The Bertz CT molecular complexity index is 2750. The van der Waals surface area contributed by atoms with E-state index in [1.54, 1.807) is 0 Å². The quantitative estimate of drug-likeness (QED) is 0.160. The van der Waals surface area contributed by atoms with Gasteiger partial charge in [-0.3, -0.25) is 0 Å². The van der Waals surface area contributed by atoms with Crippen molar-refractivity contribution in [3.8, 4) is 33.6 Å². The van der Waals surface area contributed by atoms with E-state index in [0.29, 0.717) is 0 Å². The molecule has 7 aromatic carbocycles. The minimum absolute atomic E-state index is 1.16. The molecule has 9 aromatic rings. The third-order valence-electron chi connectivity index (χ3n) is 10.0. The van der Waals surface area contributed by atoms with Crippen molar-refractivity contribution in [2.24, 2.45) is 0 Å². The van der Waals surface area contributed by atoms with E-state index in [-0.39, 0.29) is 0 Å². The van der Waals surface area contributed by atoms with Crippen molar-refractivity contribution < 1.29 is 0 Å². The van der Waals surface area contributed by atoms with Crippen molar-refractivity contribution in [2.75, 3.05) is 0 Å². The maximum atomic E-state index is 2.40. The lowest BCUT2D eigenvalue weighted by atomic mass is 10.0. The van der Waals surface area contributed by atoms with Crippen molar-refractivity contribution in [1.29, 1.82) is 0 Å². The molecule has 2 heteroatoms. The van der Waals surface area contributed by atoms with Gasteiger partial charge in [0.25, 0.3) is 0 Å². The van der Waals surface area contributed by atoms with Gasteiger partial charge in [0, 0.05) is 32.9 Å². The summed E-state index contributed by atoms with van der Waals surface area (Å²) in [6.07, 6.45) is 6.45. The third-order valence-corrected chi connectivity index (χ3v) is 10.0. The number of aromatic nitrogens is 2. The Balaban J connectivity index is 1.17. The molecule has 0 saturated heterocycles. The van der Waals surface area contributed by atoms with Gasteiger partial charge in [-0.25, -0.2) is 0 Å². The van der Waals surface area contributed by atoms with Crippen LogP contribution in [0.2, 0.25) is 0 Å². The standard InChI is InChI=1S/C48H36N2/c1-3-13-33(4-2)36-16-12-17-40(30-36)50-46-21-11-9-19-42(46)44-32-38(25-29-48(44)50)37-24-28-47-43(31-37)41-18-8-10-20-45(41)49(47)39-26-22-35(23-27-39)34-14-6-5-7-15-34/h3-32H,1-2H3. The van der Waals surface area contributed by atoms with Gasteiger partial charge in [0.05, 0.1) is 22.1 Å². The molecule has 9 rings (SSSR count). The SMILES string of the molecule is CC=CC(=CC)c1cccc(-n2c3ccccc3c3cc(-c4ccc5c(c4)c4ccccc4n5-c4ccc(-c5ccccc5)cc4)ccc32)c1. The number of allylic oxidation sites excluding steroid dienone is 4. The lowest BCUT2D eigenvalue weighted by Gasteiger charge is -2.11. The van der Waals surface area contributed by atoms with Crippen LogP contribution in [0.15, 0.2) is 182 Å². The largest absolute Gasteiger partial charge is 0.309 e. The Morgan fingerprint density at radius 3 is 1.52 bits per heavy atom. The molecule has 0 fully saturated rings. The summed E-state index contributed by atoms with van der Waals surface area (Å²) in [5.74, 6) is 0. The zero-order valence-corrected chi connectivity index (χ0v) is 28.2. The zero-order valence-electron chi connectivity index (χ0n) is 28.2. The van der Waals surface area contributed by atoms with Gasteiger partial charge in [0.1, 0.15) is 0 Å². The van der Waals surface area contributed by atoms with E-state index < -0.39 is 0 Å². The number of para-hydroxylation sites is 2. The van der Waals surface area contributed by atoms with E-state index in [9.17, 15) is 0 Å². The van der Waals surface area contributed by atoms with E-state index in [2.05, 4.69) is 205 Å². The minimum atomic E-state index is 1.16. The average molecular weight is 641 g/mol. The molecule has 0 bridgehead atoms. The molecule has 0 aliphatic carbocycles. The van der Waals surface area contributed by atoms with Gasteiger partial charge in [-0.1, -0.05) is 121 Å². The molecule has 0 saturated carbocycles. The third kappa shape index (κ3) is 4.88. The summed E-state index contributed by atoms with van der Waals surface area (Å²) in [6.45, 7) is 4.17. The first-order valence-corrected chi connectivity index (χ1v) is 17.3. The van der Waals surface area contributed by atoms with Crippen molar-refractivity contribution in [2.45, 2.75) is 13.8 Å². The molecule has 238 valence electrons. The molecular formula is C48H36N2. The average Bonchev–Trinajstić information content (AvgIpc) is 3.69. The fraction of sp³-hybridized carbons (Fsp3) is 0.0417. The van der Waals surface area contributed by atoms with Gasteiger partial charge in [0.2, 0.25) is 0 Å². The number of hydrogen-bond donors (Lipinski definition) is 0. The van der Waals surface area contributed by atoms with Crippen molar-refractivity contribution >= 4 is 49.2 Å². The van der Waals surface area contributed by atoms with Crippen LogP contribution in [0.5, 0.6) is 0 Å². The van der Waals surface area contributed by atoms with Crippen LogP contribution in [0.1, 0.15) is 19.4 Å². The van der Waals surface area contributed by atoms with Crippen molar-refractivity contribution in [1.82, 2.24) is 9.13 Å². The molecule has 50 heavy (non-hydrogen) atoms. The van der Waals surface area contributed by atoms with Crippen LogP contribution in [0.3, 0.4) is 0 Å². The molecule has 2 heterocycles. The van der Waals surface area contributed by atoms with E-state index >= 15 is 0 Å². The summed E-state index contributed by atoms with van der Waals surface area (Å²) in [6, 6.07) is 59.8. The normalized spacial score (nSPS) is 12.2. The molecule has 0 aliphatic rings. The highest BCUT2D eigenvalue weighted by Gasteiger charge is 2.16. The van der Waals surface area contributed by atoms with Crippen LogP contribution in [0.4, 0.5) is 0 Å². The first kappa shape index (κ1) is 29.7. The summed E-state index contributed by atoms with van der Waals surface area (Å²) in [5, 5.41) is 5.02. The van der Waals surface area contributed by atoms with Crippen molar-refractivity contribution in [3.63, 3.8) is 0 Å². The summed E-state index contributed by atoms with van der Waals surface area (Å²) in [7, 11) is 0. The molecule has 0 spiro atoms. The Morgan fingerprint density at radius 2 is 0.920 bits per heavy atom. The predicted molar refractivity (Wildman–Crippen MR) is 214 cm³/mol. The summed E-state index contributed by atoms with van der Waals surface area (Å²) < 4.78 is 4.80. The highest BCUT2D eigenvalue weighted by atomic mass is 15.0. The summed E-state index contributed by atoms with van der Waals surface area (Å²) in [4.78, 5) is 0. The van der Waals surface area contributed by atoms with Gasteiger partial charge in [-0.2, -0.15) is 0 Å². The van der Waals surface area contributed by atoms with Crippen LogP contribution in [-0.2, 0) is 0 Å². The fourth-order valence-electron chi connectivity index (χ4n) is 7.66. The van der Waals surface area contributed by atoms with Gasteiger partial charge >= 0.3 is 0 Å². The van der Waals surface area contributed by atoms with Crippen LogP contribution >= 0.6 is 0 Å². The van der Waals surface area contributed by atoms with E-state index in [1.807, 2.05) is 0 Å². The monoisotopic (exact) mass is 640 g/mol. The van der Waals surface area contributed by atoms with Gasteiger partial charge in [0.15, 0.2) is 0 Å². The van der Waals surface area contributed by atoms with E-state index in [4.69, 9.17) is 0 Å². The Labute approximate surface area is 292 Å². The van der Waals surface area contributed by atoms with E-state index in [1.165, 1.54) is 77.0 Å². The van der Waals surface area contributed by atoms with Crippen LogP contribution < -0.4 is 0 Å². The highest BCUT2D eigenvalue weighted by Crippen LogP contribution is 2.38. The van der Waals surface area contributed by atoms with Gasteiger partial charge in [-0.05, 0) is 108 Å². The second kappa shape index (κ2) is 12.3. The number of rotatable bonds is 6. The number of fused-ring (bicyclic) bond motifs is 6. The summed E-state index contributed by atoms with van der Waals surface area (Å²) in [5.41, 5.74) is 14.5. The second-order valence-corrected chi connectivity index (χ2v) is 12.9. The Kier molecular flexibility index (Phi) is 7.29. The zero-order chi connectivity index (χ0) is 33.6. The van der Waals surface area contributed by atoms with Crippen LogP contribution in [0.25, 0.3) is 82.8 Å². The van der Waals surface area contributed by atoms with E-state index in [0.717, 1.165) is 11.4 Å². The molecule has 0 unspecified atom stereocenters.